The Kier molecular flexibility index (Phi) is 4.05. The van der Waals surface area contributed by atoms with Crippen LogP contribution in [0.2, 0.25) is 0 Å². The van der Waals surface area contributed by atoms with Crippen LogP contribution in [-0.2, 0) is 0 Å². The maximum absolute atomic E-state index is 13.3. The second-order valence-corrected chi connectivity index (χ2v) is 4.26. The standard InChI is InChI=1S/C15H9FN2O3/c16-11-6-7-14(18(20)21)12(8-11)15(19)13(9-17)10-4-2-1-3-5-10/h1-8,13H. The molecular weight excluding hydrogens is 275 g/mol. The van der Waals surface area contributed by atoms with Crippen molar-refractivity contribution in [1.82, 2.24) is 0 Å². The highest BCUT2D eigenvalue weighted by molar-refractivity contribution is 6.05. The van der Waals surface area contributed by atoms with Gasteiger partial charge < -0.3 is 0 Å². The van der Waals surface area contributed by atoms with Gasteiger partial charge in [0.15, 0.2) is 5.78 Å². The number of carbonyl (C=O) groups excluding carboxylic acids is 1. The zero-order chi connectivity index (χ0) is 15.4. The highest BCUT2D eigenvalue weighted by Gasteiger charge is 2.28. The first-order valence-corrected chi connectivity index (χ1v) is 5.97. The molecule has 2 aromatic rings. The molecule has 0 radical (unpaired) electrons. The van der Waals surface area contributed by atoms with Gasteiger partial charge in [0.2, 0.25) is 0 Å². The first kappa shape index (κ1) is 14.3. The maximum Gasteiger partial charge on any atom is 0.280 e. The lowest BCUT2D eigenvalue weighted by atomic mass is 9.91. The van der Waals surface area contributed by atoms with Gasteiger partial charge in [-0.05, 0) is 17.7 Å². The van der Waals surface area contributed by atoms with Gasteiger partial charge >= 0.3 is 0 Å². The van der Waals surface area contributed by atoms with Crippen LogP contribution in [0.25, 0.3) is 0 Å². The average molecular weight is 284 g/mol. The number of nitro groups is 1. The van der Waals surface area contributed by atoms with E-state index in [0.29, 0.717) is 5.56 Å². The summed E-state index contributed by atoms with van der Waals surface area (Å²) < 4.78 is 13.3. The molecule has 0 N–H and O–H groups in total. The van der Waals surface area contributed by atoms with Crippen LogP contribution in [0.5, 0.6) is 0 Å². The van der Waals surface area contributed by atoms with Crippen molar-refractivity contribution in [2.45, 2.75) is 5.92 Å². The molecule has 0 aliphatic heterocycles. The van der Waals surface area contributed by atoms with Crippen molar-refractivity contribution in [3.8, 4) is 6.07 Å². The van der Waals surface area contributed by atoms with E-state index in [9.17, 15) is 24.6 Å². The Morgan fingerprint density at radius 2 is 1.90 bits per heavy atom. The molecule has 5 nitrogen and oxygen atoms in total. The van der Waals surface area contributed by atoms with Gasteiger partial charge in [-0.15, -0.1) is 0 Å². The van der Waals surface area contributed by atoms with Gasteiger partial charge in [0.05, 0.1) is 16.6 Å². The topological polar surface area (TPSA) is 84.0 Å². The zero-order valence-corrected chi connectivity index (χ0v) is 10.7. The van der Waals surface area contributed by atoms with Crippen LogP contribution in [0.1, 0.15) is 21.8 Å². The van der Waals surface area contributed by atoms with Gasteiger partial charge in [-0.3, -0.25) is 14.9 Å². The molecule has 6 heteroatoms. The number of nitriles is 1. The Morgan fingerprint density at radius 3 is 2.48 bits per heavy atom. The second kappa shape index (κ2) is 5.92. The molecule has 2 aromatic carbocycles. The monoisotopic (exact) mass is 284 g/mol. The number of ketones is 1. The number of carbonyl (C=O) groups is 1. The van der Waals surface area contributed by atoms with Gasteiger partial charge in [-0.1, -0.05) is 30.3 Å². The fourth-order valence-corrected chi connectivity index (χ4v) is 1.95. The third-order valence-electron chi connectivity index (χ3n) is 2.94. The first-order valence-electron chi connectivity index (χ1n) is 5.97. The van der Waals surface area contributed by atoms with Crippen LogP contribution in [0, 0.1) is 27.3 Å². The highest BCUT2D eigenvalue weighted by Crippen LogP contribution is 2.27. The predicted octanol–water partition coefficient (Wildman–Crippen LogP) is 3.22. The van der Waals surface area contributed by atoms with E-state index in [-0.39, 0.29) is 0 Å². The second-order valence-electron chi connectivity index (χ2n) is 4.26. The minimum atomic E-state index is -1.22. The van der Waals surface area contributed by atoms with Crippen molar-refractivity contribution in [2.24, 2.45) is 0 Å². The Balaban J connectivity index is 2.51. The molecule has 21 heavy (non-hydrogen) atoms. The number of rotatable bonds is 4. The maximum atomic E-state index is 13.3. The number of Topliss-reactive ketones (excluding diaryl/α,β-unsaturated/α-hetero) is 1. The van der Waals surface area contributed by atoms with Crippen LogP contribution in [-0.4, -0.2) is 10.7 Å². The van der Waals surface area contributed by atoms with Gasteiger partial charge in [-0.2, -0.15) is 5.26 Å². The molecular formula is C15H9FN2O3. The van der Waals surface area contributed by atoms with E-state index >= 15 is 0 Å². The third-order valence-corrected chi connectivity index (χ3v) is 2.94. The molecule has 0 aromatic heterocycles. The van der Waals surface area contributed by atoms with Gasteiger partial charge in [-0.25, -0.2) is 4.39 Å². The van der Waals surface area contributed by atoms with Crippen LogP contribution in [0.4, 0.5) is 10.1 Å². The summed E-state index contributed by atoms with van der Waals surface area (Å²) in [6.45, 7) is 0. The lowest BCUT2D eigenvalue weighted by Gasteiger charge is -2.09. The van der Waals surface area contributed by atoms with Crippen molar-refractivity contribution in [1.29, 1.82) is 5.26 Å². The van der Waals surface area contributed by atoms with Gasteiger partial charge in [0.1, 0.15) is 11.7 Å². The molecule has 0 saturated carbocycles. The van der Waals surface area contributed by atoms with Gasteiger partial charge in [0.25, 0.3) is 5.69 Å². The number of nitrogens with zero attached hydrogens (tertiary/aromatic N) is 2. The third kappa shape index (κ3) is 2.92. The Morgan fingerprint density at radius 1 is 1.24 bits per heavy atom. The molecule has 2 rings (SSSR count). The smallest absolute Gasteiger partial charge is 0.280 e. The number of benzene rings is 2. The Hall–Kier alpha value is -3.07. The summed E-state index contributed by atoms with van der Waals surface area (Å²) in [6, 6.07) is 12.6. The SMILES string of the molecule is N#CC(C(=O)c1cc(F)ccc1[N+](=O)[O-])c1ccccc1. The Bertz CT molecular complexity index is 738. The summed E-state index contributed by atoms with van der Waals surface area (Å²) in [7, 11) is 0. The molecule has 0 heterocycles. The lowest BCUT2D eigenvalue weighted by Crippen LogP contribution is -2.13. The lowest BCUT2D eigenvalue weighted by molar-refractivity contribution is -0.385. The van der Waals surface area contributed by atoms with E-state index in [1.807, 2.05) is 6.07 Å². The van der Waals surface area contributed by atoms with E-state index in [2.05, 4.69) is 0 Å². The zero-order valence-electron chi connectivity index (χ0n) is 10.7. The Labute approximate surface area is 119 Å². The van der Waals surface area contributed by atoms with Crippen LogP contribution >= 0.6 is 0 Å². The molecule has 0 aliphatic carbocycles. The number of hydrogen-bond acceptors (Lipinski definition) is 4. The first-order chi connectivity index (χ1) is 10.0. The predicted molar refractivity (Wildman–Crippen MR) is 72.2 cm³/mol. The molecule has 104 valence electrons. The van der Waals surface area contributed by atoms with E-state index in [1.54, 1.807) is 30.3 Å². The summed E-state index contributed by atoms with van der Waals surface area (Å²) in [6.07, 6.45) is 0. The minimum absolute atomic E-state index is 0.406. The summed E-state index contributed by atoms with van der Waals surface area (Å²) in [5.74, 6) is -2.78. The van der Waals surface area contributed by atoms with Crippen molar-refractivity contribution in [3.63, 3.8) is 0 Å². The number of nitro benzene ring substituents is 1. The quantitative estimate of drug-likeness (QED) is 0.490. The summed E-state index contributed by atoms with van der Waals surface area (Å²) in [5, 5.41) is 20.1. The number of hydrogen-bond donors (Lipinski definition) is 0. The highest BCUT2D eigenvalue weighted by atomic mass is 19.1. The van der Waals surface area contributed by atoms with E-state index in [0.717, 1.165) is 18.2 Å². The molecule has 1 unspecified atom stereocenters. The van der Waals surface area contributed by atoms with Crippen molar-refractivity contribution < 1.29 is 14.1 Å². The van der Waals surface area contributed by atoms with Crippen molar-refractivity contribution in [3.05, 3.63) is 75.6 Å². The summed E-state index contributed by atoms with van der Waals surface area (Å²) in [5.41, 5.74) is -0.517. The average Bonchev–Trinajstić information content (AvgIpc) is 2.48. The molecule has 0 spiro atoms. The minimum Gasteiger partial charge on any atom is -0.292 e. The molecule has 0 saturated heterocycles. The molecule has 0 aliphatic rings. The normalized spacial score (nSPS) is 11.4. The van der Waals surface area contributed by atoms with Crippen molar-refractivity contribution >= 4 is 11.5 Å². The molecule has 0 bridgehead atoms. The van der Waals surface area contributed by atoms with E-state index in [1.165, 1.54) is 0 Å². The molecule has 1 atom stereocenters. The van der Waals surface area contributed by atoms with Crippen LogP contribution in [0.15, 0.2) is 48.5 Å². The summed E-state index contributed by atoms with van der Waals surface area (Å²) >= 11 is 0. The van der Waals surface area contributed by atoms with Crippen molar-refractivity contribution in [2.75, 3.05) is 0 Å². The number of halogens is 1. The van der Waals surface area contributed by atoms with Gasteiger partial charge in [0, 0.05) is 6.07 Å². The van der Waals surface area contributed by atoms with Crippen LogP contribution in [0.3, 0.4) is 0 Å². The molecule has 0 fully saturated rings. The fourth-order valence-electron chi connectivity index (χ4n) is 1.95. The fraction of sp³-hybridized carbons (Fsp3) is 0.0667. The van der Waals surface area contributed by atoms with Crippen LogP contribution < -0.4 is 0 Å². The molecule has 0 amide bonds. The van der Waals surface area contributed by atoms with E-state index < -0.39 is 33.7 Å². The van der Waals surface area contributed by atoms with E-state index in [4.69, 9.17) is 0 Å². The summed E-state index contributed by atoms with van der Waals surface area (Å²) in [4.78, 5) is 22.5. The largest absolute Gasteiger partial charge is 0.292 e.